The van der Waals surface area contributed by atoms with E-state index in [1.807, 2.05) is 0 Å². The molecule has 116 valence electrons. The lowest BCUT2D eigenvalue weighted by molar-refractivity contribution is -0.155. The Morgan fingerprint density at radius 1 is 0.900 bits per heavy atom. The van der Waals surface area contributed by atoms with Gasteiger partial charge in [0, 0.05) is 27.3 Å². The van der Waals surface area contributed by atoms with Crippen LogP contribution in [-0.4, -0.2) is 64.9 Å². The molecule has 0 bridgehead atoms. The van der Waals surface area contributed by atoms with E-state index in [-0.39, 0.29) is 37.9 Å². The van der Waals surface area contributed by atoms with Gasteiger partial charge in [-0.2, -0.15) is 0 Å². The molecular formula is C12H22N2O6. The van der Waals surface area contributed by atoms with Gasteiger partial charge in [-0.25, -0.2) is 0 Å². The molecule has 0 spiro atoms. The van der Waals surface area contributed by atoms with Crippen molar-refractivity contribution in [3.63, 3.8) is 0 Å². The van der Waals surface area contributed by atoms with Gasteiger partial charge in [-0.1, -0.05) is 0 Å². The molecule has 0 aromatic heterocycles. The van der Waals surface area contributed by atoms with Gasteiger partial charge in [-0.05, 0) is 0 Å². The fraction of sp³-hybridized carbons (Fsp3) is 0.833. The SMILES string of the molecule is COC1CC(=O)NCCOC(OC)CC(=O)NCCO1. The Balaban J connectivity index is 2.50. The normalized spacial score (nSPS) is 27.3. The molecule has 1 rings (SSSR count). The zero-order valence-corrected chi connectivity index (χ0v) is 11.8. The predicted molar refractivity (Wildman–Crippen MR) is 68.8 cm³/mol. The quantitative estimate of drug-likeness (QED) is 0.677. The van der Waals surface area contributed by atoms with Gasteiger partial charge in [0.25, 0.3) is 0 Å². The zero-order valence-electron chi connectivity index (χ0n) is 11.8. The number of rotatable bonds is 2. The fourth-order valence-electron chi connectivity index (χ4n) is 1.63. The van der Waals surface area contributed by atoms with Gasteiger partial charge in [0.2, 0.25) is 11.8 Å². The van der Waals surface area contributed by atoms with Crippen LogP contribution in [0.1, 0.15) is 12.8 Å². The van der Waals surface area contributed by atoms with Crippen LogP contribution in [0.25, 0.3) is 0 Å². The number of hydrogen-bond acceptors (Lipinski definition) is 6. The third-order valence-corrected chi connectivity index (χ3v) is 2.69. The summed E-state index contributed by atoms with van der Waals surface area (Å²) in [5.74, 6) is -0.369. The van der Waals surface area contributed by atoms with Crippen LogP contribution in [0.4, 0.5) is 0 Å². The summed E-state index contributed by atoms with van der Waals surface area (Å²) in [5, 5.41) is 5.35. The second-order valence-corrected chi connectivity index (χ2v) is 4.18. The summed E-state index contributed by atoms with van der Waals surface area (Å²) in [6, 6.07) is 0. The van der Waals surface area contributed by atoms with E-state index in [1.54, 1.807) is 0 Å². The first kappa shape index (κ1) is 16.8. The Bertz CT molecular complexity index is 282. The topological polar surface area (TPSA) is 95.1 Å². The fourth-order valence-corrected chi connectivity index (χ4v) is 1.63. The van der Waals surface area contributed by atoms with Gasteiger partial charge >= 0.3 is 0 Å². The van der Waals surface area contributed by atoms with Crippen molar-refractivity contribution in [2.45, 2.75) is 25.4 Å². The predicted octanol–water partition coefficient (Wildman–Crippen LogP) is -1.01. The van der Waals surface area contributed by atoms with Crippen LogP contribution in [0.15, 0.2) is 0 Å². The molecule has 0 aliphatic carbocycles. The number of methoxy groups -OCH3 is 2. The molecule has 1 aliphatic heterocycles. The van der Waals surface area contributed by atoms with Gasteiger partial charge in [0.1, 0.15) is 0 Å². The highest BCUT2D eigenvalue weighted by atomic mass is 16.7. The lowest BCUT2D eigenvalue weighted by Crippen LogP contribution is -2.37. The van der Waals surface area contributed by atoms with Crippen LogP contribution >= 0.6 is 0 Å². The maximum Gasteiger partial charge on any atom is 0.225 e. The second kappa shape index (κ2) is 9.65. The summed E-state index contributed by atoms with van der Waals surface area (Å²) in [6.45, 7) is 1.18. The molecule has 0 aromatic carbocycles. The van der Waals surface area contributed by atoms with Crippen molar-refractivity contribution < 1.29 is 28.5 Å². The Kier molecular flexibility index (Phi) is 8.12. The van der Waals surface area contributed by atoms with Crippen molar-refractivity contribution in [3.05, 3.63) is 0 Å². The molecule has 8 nitrogen and oxygen atoms in total. The third-order valence-electron chi connectivity index (χ3n) is 2.69. The molecule has 0 radical (unpaired) electrons. The van der Waals surface area contributed by atoms with Crippen molar-refractivity contribution in [1.29, 1.82) is 0 Å². The minimum Gasteiger partial charge on any atom is -0.355 e. The summed E-state index contributed by atoms with van der Waals surface area (Å²) in [5.41, 5.74) is 0. The van der Waals surface area contributed by atoms with Gasteiger partial charge in [-0.15, -0.1) is 0 Å². The van der Waals surface area contributed by atoms with Gasteiger partial charge < -0.3 is 29.6 Å². The molecule has 0 saturated carbocycles. The smallest absolute Gasteiger partial charge is 0.225 e. The maximum atomic E-state index is 11.6. The highest BCUT2D eigenvalue weighted by Crippen LogP contribution is 2.02. The monoisotopic (exact) mass is 290 g/mol. The summed E-state index contributed by atoms with van der Waals surface area (Å²) < 4.78 is 20.8. The number of nitrogens with one attached hydrogen (secondary N) is 2. The number of ether oxygens (including phenoxy) is 4. The maximum absolute atomic E-state index is 11.6. The molecule has 1 heterocycles. The van der Waals surface area contributed by atoms with E-state index in [1.165, 1.54) is 14.2 Å². The lowest BCUT2D eigenvalue weighted by Gasteiger charge is -2.19. The number of amides is 2. The van der Waals surface area contributed by atoms with E-state index in [4.69, 9.17) is 18.9 Å². The standard InChI is InChI=1S/C12H22N2O6/c1-17-11-7-9(15)13-4-6-20-12(18-2)8-10(16)14-3-5-19-11/h11-12H,3-8H2,1-2H3,(H,13,15)(H,14,16). The molecule has 8 heteroatoms. The van der Waals surface area contributed by atoms with E-state index in [9.17, 15) is 9.59 Å². The van der Waals surface area contributed by atoms with Crippen LogP contribution in [0.2, 0.25) is 0 Å². The first-order valence-electron chi connectivity index (χ1n) is 6.48. The molecule has 1 aliphatic rings. The van der Waals surface area contributed by atoms with Crippen LogP contribution < -0.4 is 10.6 Å². The summed E-state index contributed by atoms with van der Waals surface area (Å²) >= 11 is 0. The number of carbonyl (C=O) groups excluding carboxylic acids is 2. The molecule has 1 fully saturated rings. The van der Waals surface area contributed by atoms with E-state index < -0.39 is 12.6 Å². The summed E-state index contributed by atoms with van der Waals surface area (Å²) in [7, 11) is 2.93. The number of hydrogen-bond donors (Lipinski definition) is 2. The largest absolute Gasteiger partial charge is 0.355 e. The molecule has 2 unspecified atom stereocenters. The molecular weight excluding hydrogens is 268 g/mol. The van der Waals surface area contributed by atoms with E-state index in [0.717, 1.165) is 0 Å². The first-order valence-corrected chi connectivity index (χ1v) is 6.48. The average Bonchev–Trinajstić information content (AvgIpc) is 2.44. The molecule has 2 atom stereocenters. The minimum atomic E-state index is -0.623. The van der Waals surface area contributed by atoms with Gasteiger partial charge in [0.15, 0.2) is 12.6 Å². The van der Waals surface area contributed by atoms with Crippen LogP contribution in [-0.2, 0) is 28.5 Å². The Labute approximate surface area is 118 Å². The van der Waals surface area contributed by atoms with E-state index in [2.05, 4.69) is 10.6 Å². The van der Waals surface area contributed by atoms with Crippen molar-refractivity contribution in [2.75, 3.05) is 40.5 Å². The second-order valence-electron chi connectivity index (χ2n) is 4.18. The molecule has 1 saturated heterocycles. The van der Waals surface area contributed by atoms with Crippen LogP contribution in [0.5, 0.6) is 0 Å². The van der Waals surface area contributed by atoms with E-state index in [0.29, 0.717) is 13.1 Å². The Morgan fingerprint density at radius 2 is 1.30 bits per heavy atom. The van der Waals surface area contributed by atoms with Gasteiger partial charge in [0.05, 0.1) is 26.1 Å². The van der Waals surface area contributed by atoms with Crippen molar-refractivity contribution in [2.24, 2.45) is 0 Å². The number of carbonyl (C=O) groups is 2. The van der Waals surface area contributed by atoms with E-state index >= 15 is 0 Å². The Morgan fingerprint density at radius 3 is 1.65 bits per heavy atom. The van der Waals surface area contributed by atoms with Gasteiger partial charge in [-0.3, -0.25) is 9.59 Å². The third kappa shape index (κ3) is 6.80. The van der Waals surface area contributed by atoms with Crippen molar-refractivity contribution >= 4 is 11.8 Å². The lowest BCUT2D eigenvalue weighted by atomic mass is 10.3. The zero-order chi connectivity index (χ0) is 14.8. The Hall–Kier alpha value is -1.22. The van der Waals surface area contributed by atoms with Crippen LogP contribution in [0, 0.1) is 0 Å². The highest BCUT2D eigenvalue weighted by molar-refractivity contribution is 5.76. The first-order chi connectivity index (χ1) is 9.65. The molecule has 2 amide bonds. The summed E-state index contributed by atoms with van der Waals surface area (Å²) in [4.78, 5) is 23.2. The molecule has 0 aromatic rings. The summed E-state index contributed by atoms with van der Waals surface area (Å²) in [6.07, 6.45) is -1.05. The van der Waals surface area contributed by atoms with Crippen molar-refractivity contribution in [1.82, 2.24) is 10.6 Å². The average molecular weight is 290 g/mol. The van der Waals surface area contributed by atoms with Crippen molar-refractivity contribution in [3.8, 4) is 0 Å². The molecule has 2 N–H and O–H groups in total. The minimum absolute atomic E-state index is 0.0954. The molecule has 20 heavy (non-hydrogen) atoms. The van der Waals surface area contributed by atoms with Crippen LogP contribution in [0.3, 0.4) is 0 Å². The highest BCUT2D eigenvalue weighted by Gasteiger charge is 2.16.